The van der Waals surface area contributed by atoms with E-state index in [9.17, 15) is 4.79 Å². The molecule has 1 heterocycles. The van der Waals surface area contributed by atoms with Gasteiger partial charge in [0.1, 0.15) is 8.07 Å². The molecule has 0 saturated carbocycles. The molecule has 0 saturated heterocycles. The molecule has 0 aliphatic rings. The first-order valence-electron chi connectivity index (χ1n) is 4.79. The molecule has 0 bridgehead atoms. The van der Waals surface area contributed by atoms with Gasteiger partial charge in [0.2, 0.25) is 0 Å². The van der Waals surface area contributed by atoms with Gasteiger partial charge < -0.3 is 5.32 Å². The third kappa shape index (κ3) is 2.23. The van der Waals surface area contributed by atoms with Gasteiger partial charge in [-0.05, 0) is 13.0 Å². The Bertz CT molecular complexity index is 327. The summed E-state index contributed by atoms with van der Waals surface area (Å²) in [6.07, 6.45) is 1.68. The Kier molecular flexibility index (Phi) is 3.10. The Hall–Kier alpha value is -1.10. The number of nitrogens with zero attached hydrogens (tertiary/aromatic N) is 2. The normalized spacial score (nSPS) is 11.4. The molecule has 1 amide bonds. The van der Waals surface area contributed by atoms with E-state index >= 15 is 0 Å². The van der Waals surface area contributed by atoms with Crippen LogP contribution in [0.25, 0.3) is 0 Å². The molecule has 14 heavy (non-hydrogen) atoms. The van der Waals surface area contributed by atoms with Crippen molar-refractivity contribution in [3.63, 3.8) is 0 Å². The lowest BCUT2D eigenvalue weighted by Gasteiger charge is -2.17. The Morgan fingerprint density at radius 1 is 1.57 bits per heavy atom. The van der Waals surface area contributed by atoms with Crippen molar-refractivity contribution in [2.24, 2.45) is 0 Å². The molecule has 0 fully saturated rings. The van der Waals surface area contributed by atoms with Gasteiger partial charge in [-0.2, -0.15) is 9.78 Å². The van der Waals surface area contributed by atoms with Gasteiger partial charge >= 0.3 is 6.03 Å². The molecule has 0 aromatic carbocycles. The van der Waals surface area contributed by atoms with Crippen molar-refractivity contribution in [3.05, 3.63) is 12.3 Å². The van der Waals surface area contributed by atoms with Crippen LogP contribution in [0.15, 0.2) is 12.3 Å². The molecule has 0 spiro atoms. The fourth-order valence-corrected chi connectivity index (χ4v) is 2.63. The first-order chi connectivity index (χ1) is 6.46. The van der Waals surface area contributed by atoms with E-state index in [2.05, 4.69) is 30.1 Å². The number of nitrogens with one attached hydrogen (secondary N) is 1. The Balaban J connectivity index is 2.99. The highest BCUT2D eigenvalue weighted by atomic mass is 28.3. The minimum Gasteiger partial charge on any atom is -0.336 e. The van der Waals surface area contributed by atoms with E-state index in [-0.39, 0.29) is 6.03 Å². The van der Waals surface area contributed by atoms with Gasteiger partial charge in [-0.1, -0.05) is 19.6 Å². The fraction of sp³-hybridized carbons (Fsp3) is 0.556. The molecule has 0 aliphatic carbocycles. The van der Waals surface area contributed by atoms with E-state index in [0.29, 0.717) is 6.54 Å². The quantitative estimate of drug-likeness (QED) is 0.742. The summed E-state index contributed by atoms with van der Waals surface area (Å²) in [6, 6.07) is 1.80. The molecule has 1 aromatic heterocycles. The van der Waals surface area contributed by atoms with Crippen molar-refractivity contribution in [1.82, 2.24) is 15.1 Å². The number of carbonyl (C=O) groups is 1. The van der Waals surface area contributed by atoms with Crippen molar-refractivity contribution in [1.29, 1.82) is 0 Å². The number of aromatic nitrogens is 2. The molecule has 78 valence electrons. The van der Waals surface area contributed by atoms with Gasteiger partial charge in [0, 0.05) is 18.1 Å². The Labute approximate surface area is 85.3 Å². The van der Waals surface area contributed by atoms with E-state index in [1.54, 1.807) is 6.20 Å². The largest absolute Gasteiger partial charge is 0.341 e. The summed E-state index contributed by atoms with van der Waals surface area (Å²) < 4.78 is 1.48. The van der Waals surface area contributed by atoms with Gasteiger partial charge in [0.05, 0.1) is 0 Å². The van der Waals surface area contributed by atoms with E-state index < -0.39 is 8.07 Å². The summed E-state index contributed by atoms with van der Waals surface area (Å²) in [4.78, 5) is 11.6. The van der Waals surface area contributed by atoms with Crippen LogP contribution >= 0.6 is 0 Å². The second-order valence-electron chi connectivity index (χ2n) is 4.21. The number of hydrogen-bond donors (Lipinski definition) is 1. The SMILES string of the molecule is CCNC(=O)n1nccc1[Si](C)(C)C. The maximum absolute atomic E-state index is 11.6. The molecule has 5 heteroatoms. The first kappa shape index (κ1) is 11.0. The highest BCUT2D eigenvalue weighted by Crippen LogP contribution is 2.01. The molecule has 0 radical (unpaired) electrons. The average Bonchev–Trinajstić information content (AvgIpc) is 2.50. The van der Waals surface area contributed by atoms with Crippen LogP contribution < -0.4 is 10.6 Å². The molecule has 1 rings (SSSR count). The standard InChI is InChI=1S/C9H17N3OSi/c1-5-10-9(13)12-8(6-7-11-12)14(2,3)4/h6-7H,5H2,1-4H3,(H,10,13). The number of rotatable bonds is 2. The number of amides is 1. The smallest absolute Gasteiger partial charge is 0.336 e. The number of hydrogen-bond acceptors (Lipinski definition) is 2. The Morgan fingerprint density at radius 3 is 2.71 bits per heavy atom. The van der Waals surface area contributed by atoms with E-state index in [4.69, 9.17) is 0 Å². The summed E-state index contributed by atoms with van der Waals surface area (Å²) in [5, 5.41) is 7.84. The summed E-state index contributed by atoms with van der Waals surface area (Å²) in [5.74, 6) is 0. The van der Waals surface area contributed by atoms with Crippen LogP contribution in [0.4, 0.5) is 4.79 Å². The van der Waals surface area contributed by atoms with Crippen molar-refractivity contribution in [2.75, 3.05) is 6.54 Å². The van der Waals surface area contributed by atoms with Gasteiger partial charge in [0.25, 0.3) is 0 Å². The zero-order chi connectivity index (χ0) is 10.8. The van der Waals surface area contributed by atoms with Crippen LogP contribution in [-0.4, -0.2) is 30.4 Å². The van der Waals surface area contributed by atoms with E-state index in [1.807, 2.05) is 13.0 Å². The first-order valence-corrected chi connectivity index (χ1v) is 8.29. The maximum atomic E-state index is 11.6. The average molecular weight is 211 g/mol. The molecular weight excluding hydrogens is 194 g/mol. The van der Waals surface area contributed by atoms with Gasteiger partial charge in [-0.15, -0.1) is 0 Å². The maximum Gasteiger partial charge on any atom is 0.341 e. The lowest BCUT2D eigenvalue weighted by atomic mass is 10.7. The van der Waals surface area contributed by atoms with Crippen molar-refractivity contribution in [2.45, 2.75) is 26.6 Å². The van der Waals surface area contributed by atoms with Gasteiger partial charge in [-0.3, -0.25) is 0 Å². The van der Waals surface area contributed by atoms with Gasteiger partial charge in [0.15, 0.2) is 0 Å². The second kappa shape index (κ2) is 3.96. The van der Waals surface area contributed by atoms with Crippen LogP contribution in [0.2, 0.25) is 19.6 Å². The van der Waals surface area contributed by atoms with Crippen molar-refractivity contribution >= 4 is 19.4 Å². The van der Waals surface area contributed by atoms with Crippen LogP contribution in [0.5, 0.6) is 0 Å². The summed E-state index contributed by atoms with van der Waals surface area (Å²) in [5.41, 5.74) is 0. The highest BCUT2D eigenvalue weighted by Gasteiger charge is 2.23. The summed E-state index contributed by atoms with van der Waals surface area (Å²) in [7, 11) is -1.48. The molecule has 0 atom stereocenters. The zero-order valence-electron chi connectivity index (χ0n) is 9.16. The minimum absolute atomic E-state index is 0.130. The van der Waals surface area contributed by atoms with Crippen molar-refractivity contribution < 1.29 is 4.79 Å². The summed E-state index contributed by atoms with van der Waals surface area (Å²) >= 11 is 0. The fourth-order valence-electron chi connectivity index (χ4n) is 1.26. The highest BCUT2D eigenvalue weighted by molar-refractivity contribution is 6.88. The zero-order valence-corrected chi connectivity index (χ0v) is 10.2. The van der Waals surface area contributed by atoms with E-state index in [1.165, 1.54) is 4.68 Å². The topological polar surface area (TPSA) is 46.9 Å². The molecule has 4 nitrogen and oxygen atoms in total. The van der Waals surface area contributed by atoms with Gasteiger partial charge in [-0.25, -0.2) is 4.79 Å². The van der Waals surface area contributed by atoms with Crippen molar-refractivity contribution in [3.8, 4) is 0 Å². The third-order valence-corrected chi connectivity index (χ3v) is 3.85. The second-order valence-corrected chi connectivity index (χ2v) is 9.23. The number of carbonyl (C=O) groups excluding carboxylic acids is 1. The van der Waals surface area contributed by atoms with Crippen LogP contribution in [0.1, 0.15) is 6.92 Å². The lowest BCUT2D eigenvalue weighted by Crippen LogP contribution is -2.47. The van der Waals surface area contributed by atoms with Crippen LogP contribution in [-0.2, 0) is 0 Å². The molecular formula is C9H17N3OSi. The predicted molar refractivity (Wildman–Crippen MR) is 59.7 cm³/mol. The van der Waals surface area contributed by atoms with Crippen LogP contribution in [0, 0.1) is 0 Å². The third-order valence-electron chi connectivity index (χ3n) is 1.93. The molecule has 0 unspecified atom stereocenters. The lowest BCUT2D eigenvalue weighted by molar-refractivity contribution is 0.240. The minimum atomic E-state index is -1.48. The monoisotopic (exact) mass is 211 g/mol. The Morgan fingerprint density at radius 2 is 2.21 bits per heavy atom. The molecule has 1 N–H and O–H groups in total. The molecule has 1 aromatic rings. The molecule has 0 aliphatic heterocycles. The summed E-state index contributed by atoms with van der Waals surface area (Å²) in [6.45, 7) is 9.11. The predicted octanol–water partition coefficient (Wildman–Crippen LogP) is 1.01. The van der Waals surface area contributed by atoms with Crippen LogP contribution in [0.3, 0.4) is 0 Å². The van der Waals surface area contributed by atoms with E-state index in [0.717, 1.165) is 5.32 Å².